The molecule has 0 unspecified atom stereocenters. The first-order chi connectivity index (χ1) is 12.6. The second-order valence-electron chi connectivity index (χ2n) is 5.52. The molecule has 1 heterocycles. The van der Waals surface area contributed by atoms with Crippen molar-refractivity contribution in [3.8, 4) is 17.4 Å². The molecule has 0 saturated heterocycles. The van der Waals surface area contributed by atoms with Crippen LogP contribution in [0.4, 0.5) is 22.0 Å². The van der Waals surface area contributed by atoms with Gasteiger partial charge in [-0.15, -0.1) is 13.2 Å². The van der Waals surface area contributed by atoms with Gasteiger partial charge >= 0.3 is 13.0 Å². The van der Waals surface area contributed by atoms with Crippen LogP contribution in [0.3, 0.4) is 0 Å². The van der Waals surface area contributed by atoms with Gasteiger partial charge in [0, 0.05) is 11.6 Å². The summed E-state index contributed by atoms with van der Waals surface area (Å²) in [5.41, 5.74) is 0.570. The summed E-state index contributed by atoms with van der Waals surface area (Å²) in [6.07, 6.45) is -3.32. The lowest BCUT2D eigenvalue weighted by Crippen LogP contribution is -2.17. The van der Waals surface area contributed by atoms with Gasteiger partial charge in [-0.1, -0.05) is 23.7 Å². The molecule has 10 heteroatoms. The summed E-state index contributed by atoms with van der Waals surface area (Å²) < 4.78 is 70.7. The van der Waals surface area contributed by atoms with Crippen LogP contribution in [0, 0.1) is 0 Å². The molecule has 0 aliphatic carbocycles. The molecule has 2 aromatic carbocycles. The summed E-state index contributed by atoms with van der Waals surface area (Å²) in [5, 5.41) is 11.0. The Labute approximate surface area is 154 Å². The van der Waals surface area contributed by atoms with Crippen molar-refractivity contribution in [3.05, 3.63) is 53.2 Å². The van der Waals surface area contributed by atoms with E-state index in [0.29, 0.717) is 10.9 Å². The van der Waals surface area contributed by atoms with E-state index in [1.165, 1.54) is 29.0 Å². The van der Waals surface area contributed by atoms with Gasteiger partial charge in [-0.05, 0) is 29.8 Å². The fourth-order valence-electron chi connectivity index (χ4n) is 2.60. The Morgan fingerprint density at radius 1 is 1.07 bits per heavy atom. The van der Waals surface area contributed by atoms with Gasteiger partial charge < -0.3 is 19.1 Å². The molecule has 3 aromatic rings. The number of alkyl halides is 5. The standard InChI is InChI=1S/C17H11ClF5NO3/c18-13-6-12(26-16(19)20)5-10-8-24(15(25)14(10)13)7-9-1-3-11(4-2-9)27-17(21,22)23/h1-6,8,16,25H,7H2. The molecule has 0 aliphatic rings. The Morgan fingerprint density at radius 2 is 1.74 bits per heavy atom. The molecule has 144 valence electrons. The number of aromatic hydroxyl groups is 1. The smallest absolute Gasteiger partial charge is 0.494 e. The van der Waals surface area contributed by atoms with Crippen LogP contribution in [0.15, 0.2) is 42.6 Å². The average Bonchev–Trinajstić information content (AvgIpc) is 2.83. The molecule has 27 heavy (non-hydrogen) atoms. The van der Waals surface area contributed by atoms with Gasteiger partial charge in [0.25, 0.3) is 0 Å². The fourth-order valence-corrected chi connectivity index (χ4v) is 2.90. The van der Waals surface area contributed by atoms with Crippen LogP contribution in [-0.2, 0) is 6.54 Å². The summed E-state index contributed by atoms with van der Waals surface area (Å²) in [4.78, 5) is 0. The van der Waals surface area contributed by atoms with Gasteiger partial charge in [0.1, 0.15) is 11.5 Å². The second kappa shape index (κ2) is 7.15. The van der Waals surface area contributed by atoms with E-state index in [1.54, 1.807) is 0 Å². The van der Waals surface area contributed by atoms with Crippen LogP contribution < -0.4 is 9.47 Å². The van der Waals surface area contributed by atoms with E-state index in [-0.39, 0.29) is 34.3 Å². The zero-order chi connectivity index (χ0) is 19.8. The minimum absolute atomic E-state index is 0.0216. The van der Waals surface area contributed by atoms with Crippen LogP contribution in [0.1, 0.15) is 5.56 Å². The van der Waals surface area contributed by atoms with Crippen LogP contribution in [0.2, 0.25) is 5.02 Å². The van der Waals surface area contributed by atoms with E-state index in [9.17, 15) is 27.1 Å². The molecule has 4 nitrogen and oxygen atoms in total. The molecule has 0 bridgehead atoms. The molecule has 0 fully saturated rings. The number of hydrogen-bond donors (Lipinski definition) is 1. The van der Waals surface area contributed by atoms with E-state index in [1.807, 2.05) is 0 Å². The molecule has 0 radical (unpaired) electrons. The highest BCUT2D eigenvalue weighted by Crippen LogP contribution is 2.37. The first-order valence-corrected chi connectivity index (χ1v) is 7.81. The molecule has 0 aliphatic heterocycles. The van der Waals surface area contributed by atoms with Gasteiger partial charge in [0.15, 0.2) is 0 Å². The summed E-state index contributed by atoms with van der Waals surface area (Å²) in [7, 11) is 0. The van der Waals surface area contributed by atoms with Crippen LogP contribution in [-0.4, -0.2) is 22.6 Å². The zero-order valence-corrected chi connectivity index (χ0v) is 14.1. The van der Waals surface area contributed by atoms with Crippen molar-refractivity contribution in [2.75, 3.05) is 0 Å². The van der Waals surface area contributed by atoms with Crippen LogP contribution >= 0.6 is 11.6 Å². The lowest BCUT2D eigenvalue weighted by molar-refractivity contribution is -0.274. The highest BCUT2D eigenvalue weighted by atomic mass is 35.5. The first kappa shape index (κ1) is 19.1. The van der Waals surface area contributed by atoms with Crippen molar-refractivity contribution in [1.82, 2.24) is 4.57 Å². The van der Waals surface area contributed by atoms with Gasteiger partial charge in [-0.3, -0.25) is 0 Å². The average molecular weight is 408 g/mol. The number of benzene rings is 2. The van der Waals surface area contributed by atoms with Crippen molar-refractivity contribution >= 4 is 22.4 Å². The van der Waals surface area contributed by atoms with Gasteiger partial charge in [-0.25, -0.2) is 0 Å². The number of ether oxygens (including phenoxy) is 2. The monoisotopic (exact) mass is 407 g/mol. The van der Waals surface area contributed by atoms with Crippen molar-refractivity contribution in [2.45, 2.75) is 19.5 Å². The van der Waals surface area contributed by atoms with Crippen LogP contribution in [0.25, 0.3) is 10.8 Å². The maximum Gasteiger partial charge on any atom is 0.573 e. The number of nitrogens with zero attached hydrogens (tertiary/aromatic N) is 1. The Kier molecular flexibility index (Phi) is 5.05. The topological polar surface area (TPSA) is 43.6 Å². The van der Waals surface area contributed by atoms with Gasteiger partial charge in [0.05, 0.1) is 17.0 Å². The molecular formula is C17H11ClF5NO3. The zero-order valence-electron chi connectivity index (χ0n) is 13.3. The number of hydrogen-bond acceptors (Lipinski definition) is 3. The van der Waals surface area contributed by atoms with E-state index in [2.05, 4.69) is 9.47 Å². The predicted molar refractivity (Wildman–Crippen MR) is 87.5 cm³/mol. The Bertz CT molecular complexity index is 954. The second-order valence-corrected chi connectivity index (χ2v) is 5.93. The first-order valence-electron chi connectivity index (χ1n) is 7.43. The lowest BCUT2D eigenvalue weighted by Gasteiger charge is -2.10. The lowest BCUT2D eigenvalue weighted by atomic mass is 10.2. The minimum atomic E-state index is -4.79. The van der Waals surface area contributed by atoms with Crippen molar-refractivity contribution in [2.24, 2.45) is 0 Å². The summed E-state index contributed by atoms with van der Waals surface area (Å²) in [5.74, 6) is -0.743. The summed E-state index contributed by atoms with van der Waals surface area (Å²) in [6, 6.07) is 7.54. The maximum absolute atomic E-state index is 12.4. The molecule has 3 rings (SSSR count). The molecular weight excluding hydrogens is 397 g/mol. The number of aromatic nitrogens is 1. The summed E-state index contributed by atoms with van der Waals surface area (Å²) >= 11 is 6.03. The predicted octanol–water partition coefficient (Wildman–Crippen LogP) is 5.55. The molecule has 0 spiro atoms. The van der Waals surface area contributed by atoms with Gasteiger partial charge in [-0.2, -0.15) is 8.78 Å². The Balaban J connectivity index is 1.86. The SMILES string of the molecule is Oc1c2c(Cl)cc(OC(F)F)cc2cn1Cc1ccc(OC(F)(F)F)cc1. The number of fused-ring (bicyclic) bond motifs is 1. The Morgan fingerprint density at radius 3 is 2.33 bits per heavy atom. The molecule has 1 aromatic heterocycles. The highest BCUT2D eigenvalue weighted by molar-refractivity contribution is 6.36. The molecule has 0 saturated carbocycles. The molecule has 0 amide bonds. The molecule has 0 atom stereocenters. The number of rotatable bonds is 5. The quantitative estimate of drug-likeness (QED) is 0.564. The van der Waals surface area contributed by atoms with Crippen molar-refractivity contribution in [1.29, 1.82) is 0 Å². The minimum Gasteiger partial charge on any atom is -0.494 e. The normalized spacial score (nSPS) is 12.0. The van der Waals surface area contributed by atoms with Gasteiger partial charge in [0.2, 0.25) is 5.88 Å². The van der Waals surface area contributed by atoms with Crippen LogP contribution in [0.5, 0.6) is 17.4 Å². The van der Waals surface area contributed by atoms with Crippen molar-refractivity contribution in [3.63, 3.8) is 0 Å². The third kappa shape index (κ3) is 4.54. The molecule has 1 N–H and O–H groups in total. The fraction of sp³-hybridized carbons (Fsp3) is 0.176. The van der Waals surface area contributed by atoms with E-state index in [0.717, 1.165) is 18.2 Å². The largest absolute Gasteiger partial charge is 0.573 e. The third-order valence-electron chi connectivity index (χ3n) is 3.62. The number of halogens is 6. The third-order valence-corrected chi connectivity index (χ3v) is 3.92. The Hall–Kier alpha value is -2.68. The van der Waals surface area contributed by atoms with E-state index >= 15 is 0 Å². The summed E-state index contributed by atoms with van der Waals surface area (Å²) in [6.45, 7) is -2.92. The van der Waals surface area contributed by atoms with E-state index in [4.69, 9.17) is 11.6 Å². The highest BCUT2D eigenvalue weighted by Gasteiger charge is 2.30. The van der Waals surface area contributed by atoms with E-state index < -0.39 is 13.0 Å². The van der Waals surface area contributed by atoms with Crippen molar-refractivity contribution < 1.29 is 36.5 Å². The maximum atomic E-state index is 12.4.